The number of nitrogens with one attached hydrogen (secondary N) is 1. The van der Waals surface area contributed by atoms with Crippen molar-refractivity contribution in [3.05, 3.63) is 50.6 Å². The van der Waals surface area contributed by atoms with E-state index in [1.54, 1.807) is 18.2 Å². The van der Waals surface area contributed by atoms with Crippen LogP contribution >= 0.6 is 27.3 Å². The fourth-order valence-electron chi connectivity index (χ4n) is 1.53. The summed E-state index contributed by atoms with van der Waals surface area (Å²) in [5, 5.41) is 3.82. The van der Waals surface area contributed by atoms with Crippen LogP contribution in [0.1, 0.15) is 11.1 Å². The summed E-state index contributed by atoms with van der Waals surface area (Å²) in [7, 11) is -3.55. The van der Waals surface area contributed by atoms with Crippen LogP contribution in [0.2, 0.25) is 0 Å². The van der Waals surface area contributed by atoms with Crippen LogP contribution in [0.25, 0.3) is 0 Å². The summed E-state index contributed by atoms with van der Waals surface area (Å²) in [5.41, 5.74) is 7.26. The van der Waals surface area contributed by atoms with Crippen molar-refractivity contribution in [2.45, 2.75) is 18.0 Å². The molecule has 0 bridgehead atoms. The van der Waals surface area contributed by atoms with Crippen molar-refractivity contribution in [3.63, 3.8) is 0 Å². The van der Waals surface area contributed by atoms with Crippen LogP contribution in [-0.4, -0.2) is 8.42 Å². The molecule has 2 aromatic rings. The third-order valence-corrected chi connectivity index (χ3v) is 5.69. The van der Waals surface area contributed by atoms with Gasteiger partial charge in [0.1, 0.15) is 0 Å². The molecule has 0 fully saturated rings. The second kappa shape index (κ2) is 6.15. The quantitative estimate of drug-likeness (QED) is 0.859. The maximum Gasteiger partial charge on any atom is 0.242 e. The molecule has 7 heteroatoms. The Kier molecular flexibility index (Phi) is 4.75. The van der Waals surface area contributed by atoms with Crippen molar-refractivity contribution >= 4 is 37.3 Å². The van der Waals surface area contributed by atoms with E-state index in [4.69, 9.17) is 5.73 Å². The number of hydrogen-bond acceptors (Lipinski definition) is 4. The molecule has 1 heterocycles. The van der Waals surface area contributed by atoms with E-state index >= 15 is 0 Å². The number of thiophene rings is 1. The van der Waals surface area contributed by atoms with E-state index in [2.05, 4.69) is 20.7 Å². The van der Waals surface area contributed by atoms with Gasteiger partial charge in [-0.25, -0.2) is 13.1 Å². The van der Waals surface area contributed by atoms with Crippen molar-refractivity contribution in [2.24, 2.45) is 5.73 Å². The smallest absolute Gasteiger partial charge is 0.242 e. The molecule has 19 heavy (non-hydrogen) atoms. The molecule has 0 aliphatic rings. The Balaban J connectivity index is 2.23. The third-order valence-electron chi connectivity index (χ3n) is 2.57. The molecule has 4 nitrogen and oxygen atoms in total. The summed E-state index contributed by atoms with van der Waals surface area (Å²) in [6.45, 7) is 0.589. The van der Waals surface area contributed by atoms with Gasteiger partial charge in [-0.05, 0) is 56.0 Å². The van der Waals surface area contributed by atoms with Crippen molar-refractivity contribution in [2.75, 3.05) is 0 Å². The number of sulfonamides is 1. The van der Waals surface area contributed by atoms with Crippen LogP contribution in [0, 0.1) is 0 Å². The molecule has 0 saturated carbocycles. The second-order valence-electron chi connectivity index (χ2n) is 3.93. The highest BCUT2D eigenvalue weighted by Gasteiger charge is 2.17. The van der Waals surface area contributed by atoms with Crippen molar-refractivity contribution in [3.8, 4) is 0 Å². The Morgan fingerprint density at radius 3 is 2.68 bits per heavy atom. The Morgan fingerprint density at radius 1 is 1.26 bits per heavy atom. The molecule has 1 aromatic heterocycles. The van der Waals surface area contributed by atoms with Gasteiger partial charge < -0.3 is 5.73 Å². The molecular weight excluding hydrogens is 348 g/mol. The molecule has 0 spiro atoms. The van der Waals surface area contributed by atoms with Gasteiger partial charge in [-0.1, -0.05) is 6.07 Å². The first kappa shape index (κ1) is 14.7. The lowest BCUT2D eigenvalue weighted by Gasteiger charge is -2.09. The standard InChI is InChI=1S/C12H13BrN2O2S2/c13-11-2-1-9(6-14)5-12(11)19(16,17)15-7-10-3-4-18-8-10/h1-5,8,15H,6-7,14H2. The number of benzene rings is 1. The zero-order chi connectivity index (χ0) is 13.9. The summed E-state index contributed by atoms with van der Waals surface area (Å²) < 4.78 is 27.6. The van der Waals surface area contributed by atoms with Crippen molar-refractivity contribution < 1.29 is 8.42 Å². The average Bonchev–Trinajstić information content (AvgIpc) is 2.90. The molecule has 0 saturated heterocycles. The Bertz CT molecular complexity index is 654. The molecule has 0 unspecified atom stereocenters. The first-order valence-corrected chi connectivity index (χ1v) is 8.74. The van der Waals surface area contributed by atoms with Gasteiger partial charge in [0.05, 0.1) is 4.90 Å². The molecule has 0 aliphatic heterocycles. The molecule has 102 valence electrons. The van der Waals surface area contributed by atoms with E-state index in [-0.39, 0.29) is 11.4 Å². The number of rotatable bonds is 5. The van der Waals surface area contributed by atoms with Gasteiger partial charge >= 0.3 is 0 Å². The Morgan fingerprint density at radius 2 is 2.05 bits per heavy atom. The number of nitrogens with two attached hydrogens (primary N) is 1. The van der Waals surface area contributed by atoms with Crippen LogP contribution in [0.4, 0.5) is 0 Å². The molecule has 0 aliphatic carbocycles. The largest absolute Gasteiger partial charge is 0.326 e. The monoisotopic (exact) mass is 360 g/mol. The zero-order valence-electron chi connectivity index (χ0n) is 9.97. The number of halogens is 1. The van der Waals surface area contributed by atoms with E-state index < -0.39 is 10.0 Å². The average molecular weight is 361 g/mol. The van der Waals surface area contributed by atoms with Crippen LogP contribution in [0.5, 0.6) is 0 Å². The Labute approximate surface area is 124 Å². The highest BCUT2D eigenvalue weighted by atomic mass is 79.9. The lowest BCUT2D eigenvalue weighted by Crippen LogP contribution is -2.23. The van der Waals surface area contributed by atoms with Crippen LogP contribution in [-0.2, 0) is 23.1 Å². The fourth-order valence-corrected chi connectivity index (χ4v) is 4.23. The predicted molar refractivity (Wildman–Crippen MR) is 80.4 cm³/mol. The van der Waals surface area contributed by atoms with Crippen LogP contribution < -0.4 is 10.5 Å². The first-order chi connectivity index (χ1) is 9.03. The van der Waals surface area contributed by atoms with Gasteiger partial charge in [0, 0.05) is 17.6 Å². The minimum absolute atomic E-state index is 0.214. The van der Waals surface area contributed by atoms with E-state index in [0.717, 1.165) is 11.1 Å². The highest BCUT2D eigenvalue weighted by Crippen LogP contribution is 2.23. The van der Waals surface area contributed by atoms with E-state index in [9.17, 15) is 8.42 Å². The summed E-state index contributed by atoms with van der Waals surface area (Å²) >= 11 is 4.79. The topological polar surface area (TPSA) is 72.2 Å². The summed E-state index contributed by atoms with van der Waals surface area (Å²) in [6.07, 6.45) is 0. The molecule has 0 amide bonds. The summed E-state index contributed by atoms with van der Waals surface area (Å²) in [6, 6.07) is 6.96. The predicted octanol–water partition coefficient (Wildman–Crippen LogP) is 2.45. The molecule has 2 rings (SSSR count). The first-order valence-electron chi connectivity index (χ1n) is 5.52. The minimum Gasteiger partial charge on any atom is -0.326 e. The van der Waals surface area contributed by atoms with Gasteiger partial charge in [-0.3, -0.25) is 0 Å². The van der Waals surface area contributed by atoms with E-state index in [1.807, 2.05) is 16.8 Å². The minimum atomic E-state index is -3.55. The molecule has 1 aromatic carbocycles. The van der Waals surface area contributed by atoms with Crippen molar-refractivity contribution in [1.82, 2.24) is 4.72 Å². The van der Waals surface area contributed by atoms with Crippen molar-refractivity contribution in [1.29, 1.82) is 0 Å². The molecular formula is C12H13BrN2O2S2. The van der Waals surface area contributed by atoms with Gasteiger partial charge in [0.25, 0.3) is 0 Å². The van der Waals surface area contributed by atoms with E-state index in [1.165, 1.54) is 11.3 Å². The van der Waals surface area contributed by atoms with Gasteiger partial charge in [-0.2, -0.15) is 11.3 Å². The van der Waals surface area contributed by atoms with Crippen LogP contribution in [0.15, 0.2) is 44.4 Å². The van der Waals surface area contributed by atoms with Gasteiger partial charge in [0.2, 0.25) is 10.0 Å². The fraction of sp³-hybridized carbons (Fsp3) is 0.167. The normalized spacial score (nSPS) is 11.7. The van der Waals surface area contributed by atoms with E-state index in [0.29, 0.717) is 11.0 Å². The summed E-state index contributed by atoms with van der Waals surface area (Å²) in [4.78, 5) is 0.214. The summed E-state index contributed by atoms with van der Waals surface area (Å²) in [5.74, 6) is 0. The molecule has 0 radical (unpaired) electrons. The lowest BCUT2D eigenvalue weighted by molar-refractivity contribution is 0.580. The maximum atomic E-state index is 12.2. The Hall–Kier alpha value is -0.730. The molecule has 0 atom stereocenters. The zero-order valence-corrected chi connectivity index (χ0v) is 13.2. The van der Waals surface area contributed by atoms with Crippen LogP contribution in [0.3, 0.4) is 0 Å². The second-order valence-corrected chi connectivity index (χ2v) is 7.29. The SMILES string of the molecule is NCc1ccc(Br)c(S(=O)(=O)NCc2ccsc2)c1. The highest BCUT2D eigenvalue weighted by molar-refractivity contribution is 9.10. The molecule has 3 N–H and O–H groups in total. The third kappa shape index (κ3) is 3.64. The van der Waals surface area contributed by atoms with Gasteiger partial charge in [0.15, 0.2) is 0 Å². The number of hydrogen-bond donors (Lipinski definition) is 2. The van der Waals surface area contributed by atoms with Gasteiger partial charge in [-0.15, -0.1) is 0 Å². The lowest BCUT2D eigenvalue weighted by atomic mass is 10.2. The maximum absolute atomic E-state index is 12.2.